The molecule has 0 saturated carbocycles. The van der Waals surface area contributed by atoms with Crippen molar-refractivity contribution in [2.45, 2.75) is 0 Å². The van der Waals surface area contributed by atoms with Crippen LogP contribution < -0.4 is 0 Å². The third kappa shape index (κ3) is 1.34. The van der Waals surface area contributed by atoms with E-state index in [-0.39, 0.29) is 0 Å². The molecule has 0 unspecified atom stereocenters. The Kier molecular flexibility index (Phi) is 1.68. The van der Waals surface area contributed by atoms with Crippen LogP contribution >= 0.6 is 0 Å². The molecule has 0 spiro atoms. The number of hydrogen-bond acceptors (Lipinski definition) is 4. The van der Waals surface area contributed by atoms with Gasteiger partial charge in [-0.3, -0.25) is 4.98 Å². The van der Waals surface area contributed by atoms with Crippen LogP contribution in [0.3, 0.4) is 0 Å². The van der Waals surface area contributed by atoms with Crippen LogP contribution in [-0.4, -0.2) is 24.8 Å². The number of pyridine rings is 1. The molecule has 0 atom stereocenters. The maximum absolute atomic E-state index is 4.32. The lowest BCUT2D eigenvalue weighted by Gasteiger charge is -1.99. The van der Waals surface area contributed by atoms with Crippen molar-refractivity contribution in [2.24, 2.45) is 0 Å². The molecule has 5 heteroatoms. The van der Waals surface area contributed by atoms with Gasteiger partial charge in [0.2, 0.25) is 0 Å². The van der Waals surface area contributed by atoms with Crippen LogP contribution in [0, 0.1) is 0 Å². The Balaban J connectivity index is 2.19. The summed E-state index contributed by atoms with van der Waals surface area (Å²) in [6.45, 7) is 0. The van der Waals surface area contributed by atoms with E-state index in [9.17, 15) is 0 Å². The third-order valence-corrected chi connectivity index (χ3v) is 2.12. The monoisotopic (exact) mass is 197 g/mol. The molecule has 0 fully saturated rings. The van der Waals surface area contributed by atoms with Gasteiger partial charge in [-0.1, -0.05) is 0 Å². The summed E-state index contributed by atoms with van der Waals surface area (Å²) in [4.78, 5) is 7.99. The molecule has 0 N–H and O–H groups in total. The molecule has 15 heavy (non-hydrogen) atoms. The van der Waals surface area contributed by atoms with E-state index in [1.807, 2.05) is 24.3 Å². The van der Waals surface area contributed by atoms with Crippen molar-refractivity contribution >= 4 is 5.65 Å². The Morgan fingerprint density at radius 1 is 1.00 bits per heavy atom. The maximum atomic E-state index is 4.32. The number of hydrogen-bond donors (Lipinski definition) is 0. The average molecular weight is 197 g/mol. The molecule has 0 aliphatic carbocycles. The molecule has 3 aromatic heterocycles. The zero-order valence-electron chi connectivity index (χ0n) is 7.78. The minimum atomic E-state index is 0.743. The van der Waals surface area contributed by atoms with Gasteiger partial charge >= 0.3 is 0 Å². The van der Waals surface area contributed by atoms with Gasteiger partial charge < -0.3 is 0 Å². The lowest BCUT2D eigenvalue weighted by atomic mass is 10.2. The summed E-state index contributed by atoms with van der Waals surface area (Å²) in [6, 6.07) is 7.62. The normalized spacial score (nSPS) is 10.7. The van der Waals surface area contributed by atoms with Gasteiger partial charge in [0.05, 0.1) is 5.69 Å². The van der Waals surface area contributed by atoms with E-state index in [2.05, 4.69) is 20.2 Å². The Hall–Kier alpha value is -2.30. The van der Waals surface area contributed by atoms with E-state index in [0.29, 0.717) is 0 Å². The summed E-state index contributed by atoms with van der Waals surface area (Å²) < 4.78 is 1.51. The smallest absolute Gasteiger partial charge is 0.176 e. The molecule has 3 aromatic rings. The highest BCUT2D eigenvalue weighted by molar-refractivity contribution is 5.58. The Bertz CT molecular complexity index is 587. The van der Waals surface area contributed by atoms with Gasteiger partial charge in [0.1, 0.15) is 6.33 Å². The Morgan fingerprint density at radius 2 is 1.87 bits per heavy atom. The van der Waals surface area contributed by atoms with E-state index in [1.165, 1.54) is 11.0 Å². The molecular weight excluding hydrogens is 190 g/mol. The second-order valence-electron chi connectivity index (χ2n) is 3.06. The van der Waals surface area contributed by atoms with Gasteiger partial charge in [-0.2, -0.15) is 0 Å². The zero-order chi connectivity index (χ0) is 10.1. The molecule has 0 bridgehead atoms. The average Bonchev–Trinajstić information content (AvgIpc) is 2.77. The van der Waals surface area contributed by atoms with Crippen LogP contribution in [0.2, 0.25) is 0 Å². The van der Waals surface area contributed by atoms with E-state index < -0.39 is 0 Å². The third-order valence-electron chi connectivity index (χ3n) is 2.12. The molecule has 3 rings (SSSR count). The molecule has 72 valence electrons. The van der Waals surface area contributed by atoms with Gasteiger partial charge in [0, 0.05) is 18.0 Å². The van der Waals surface area contributed by atoms with E-state index in [4.69, 9.17) is 0 Å². The molecule has 0 saturated heterocycles. The molecule has 0 aliphatic rings. The van der Waals surface area contributed by atoms with Crippen LogP contribution in [0.1, 0.15) is 0 Å². The highest BCUT2D eigenvalue weighted by Gasteiger charge is 2.01. The first-order chi connectivity index (χ1) is 7.43. The lowest BCUT2D eigenvalue weighted by molar-refractivity contribution is 0.804. The van der Waals surface area contributed by atoms with Gasteiger partial charge in [-0.05, 0) is 24.3 Å². The van der Waals surface area contributed by atoms with Crippen molar-refractivity contribution in [3.8, 4) is 11.3 Å². The van der Waals surface area contributed by atoms with E-state index >= 15 is 0 Å². The number of aromatic nitrogens is 5. The highest BCUT2D eigenvalue weighted by Crippen LogP contribution is 2.14. The first-order valence-corrected chi connectivity index (χ1v) is 4.51. The van der Waals surface area contributed by atoms with Crippen LogP contribution in [0.5, 0.6) is 0 Å². The number of rotatable bonds is 1. The fraction of sp³-hybridized carbons (Fsp3) is 0. The highest BCUT2D eigenvalue weighted by atomic mass is 15.4. The molecule has 0 aliphatic heterocycles. The van der Waals surface area contributed by atoms with Crippen molar-refractivity contribution in [3.05, 3.63) is 43.0 Å². The van der Waals surface area contributed by atoms with Crippen LogP contribution in [-0.2, 0) is 0 Å². The second kappa shape index (κ2) is 3.13. The first-order valence-electron chi connectivity index (χ1n) is 4.51. The Morgan fingerprint density at radius 3 is 2.73 bits per heavy atom. The molecular formula is C10H7N5. The molecule has 0 aromatic carbocycles. The predicted molar refractivity (Wildman–Crippen MR) is 54.0 cm³/mol. The molecule has 0 radical (unpaired) electrons. The SMILES string of the molecule is c1cc(-c2ccc3ncnn3n2)ccn1. The minimum Gasteiger partial charge on any atom is -0.265 e. The van der Waals surface area contributed by atoms with Crippen molar-refractivity contribution in [1.29, 1.82) is 0 Å². The molecule has 3 heterocycles. The summed E-state index contributed by atoms with van der Waals surface area (Å²) in [5.74, 6) is 0. The summed E-state index contributed by atoms with van der Waals surface area (Å²) in [6.07, 6.45) is 4.96. The largest absolute Gasteiger partial charge is 0.265 e. The summed E-state index contributed by atoms with van der Waals surface area (Å²) in [7, 11) is 0. The topological polar surface area (TPSA) is 56.0 Å². The zero-order valence-corrected chi connectivity index (χ0v) is 7.78. The maximum Gasteiger partial charge on any atom is 0.176 e. The van der Waals surface area contributed by atoms with Gasteiger partial charge in [-0.15, -0.1) is 14.8 Å². The fourth-order valence-corrected chi connectivity index (χ4v) is 1.40. The quantitative estimate of drug-likeness (QED) is 0.588. The van der Waals surface area contributed by atoms with Crippen LogP contribution in [0.25, 0.3) is 16.9 Å². The second-order valence-corrected chi connectivity index (χ2v) is 3.06. The molecule has 0 amide bonds. The summed E-state index contributed by atoms with van der Waals surface area (Å²) >= 11 is 0. The van der Waals surface area contributed by atoms with Crippen molar-refractivity contribution in [2.75, 3.05) is 0 Å². The van der Waals surface area contributed by atoms with Gasteiger partial charge in [-0.25, -0.2) is 4.98 Å². The Labute approximate surface area is 85.4 Å². The minimum absolute atomic E-state index is 0.743. The van der Waals surface area contributed by atoms with Crippen molar-refractivity contribution < 1.29 is 0 Å². The standard InChI is InChI=1S/C10H7N5/c1-2-10-12-7-13-15(10)14-9(1)8-3-5-11-6-4-8/h1-7H. The first kappa shape index (κ1) is 8.05. The number of fused-ring (bicyclic) bond motifs is 1. The summed E-state index contributed by atoms with van der Waals surface area (Å²) in [5, 5.41) is 8.30. The van der Waals surface area contributed by atoms with E-state index in [1.54, 1.807) is 12.4 Å². The van der Waals surface area contributed by atoms with Gasteiger partial charge in [0.15, 0.2) is 5.65 Å². The molecule has 5 nitrogen and oxygen atoms in total. The predicted octanol–water partition coefficient (Wildman–Crippen LogP) is 1.19. The van der Waals surface area contributed by atoms with E-state index in [0.717, 1.165) is 16.9 Å². The van der Waals surface area contributed by atoms with Gasteiger partial charge in [0.25, 0.3) is 0 Å². The van der Waals surface area contributed by atoms with Crippen LogP contribution in [0.15, 0.2) is 43.0 Å². The fourth-order valence-electron chi connectivity index (χ4n) is 1.40. The van der Waals surface area contributed by atoms with Crippen LogP contribution in [0.4, 0.5) is 0 Å². The van der Waals surface area contributed by atoms with Crippen molar-refractivity contribution in [1.82, 2.24) is 24.8 Å². The van der Waals surface area contributed by atoms with Crippen molar-refractivity contribution in [3.63, 3.8) is 0 Å². The summed E-state index contributed by atoms with van der Waals surface area (Å²) in [5.41, 5.74) is 2.62. The number of nitrogens with zero attached hydrogens (tertiary/aromatic N) is 5. The lowest BCUT2D eigenvalue weighted by Crippen LogP contribution is -1.95.